The van der Waals surface area contributed by atoms with Crippen LogP contribution in [0.5, 0.6) is 0 Å². The summed E-state index contributed by atoms with van der Waals surface area (Å²) in [6.07, 6.45) is 4.75. The van der Waals surface area contributed by atoms with Gasteiger partial charge >= 0.3 is 0 Å². The monoisotopic (exact) mass is 264 g/mol. The Morgan fingerprint density at radius 2 is 2.32 bits per heavy atom. The molecule has 1 aliphatic rings. The fourth-order valence-corrected chi connectivity index (χ4v) is 2.48. The van der Waals surface area contributed by atoms with Gasteiger partial charge in [0.25, 0.3) is 0 Å². The first-order valence-electron chi connectivity index (χ1n) is 7.07. The predicted molar refractivity (Wildman–Crippen MR) is 77.6 cm³/mol. The highest BCUT2D eigenvalue weighted by atomic mass is 16.3. The molecule has 1 saturated heterocycles. The third kappa shape index (κ3) is 3.56. The lowest BCUT2D eigenvalue weighted by Crippen LogP contribution is -2.46. The standard InChI is InChI=1S/C14H24N4O/c1-4-7-15-13-16-9-11(2)12(17-13)18-8-5-6-14(3,19)10-18/h9,19H,4-8,10H2,1-3H3,(H,15,16,17). The van der Waals surface area contributed by atoms with Crippen LogP contribution in [0.25, 0.3) is 0 Å². The number of rotatable bonds is 4. The van der Waals surface area contributed by atoms with Crippen molar-refractivity contribution < 1.29 is 5.11 Å². The third-order valence-corrected chi connectivity index (χ3v) is 3.45. The molecule has 2 N–H and O–H groups in total. The van der Waals surface area contributed by atoms with Crippen LogP contribution in [0.15, 0.2) is 6.20 Å². The summed E-state index contributed by atoms with van der Waals surface area (Å²) in [5.41, 5.74) is 0.437. The van der Waals surface area contributed by atoms with E-state index in [4.69, 9.17) is 0 Å². The van der Waals surface area contributed by atoms with Crippen LogP contribution in [-0.2, 0) is 0 Å². The molecule has 0 aliphatic carbocycles. The van der Waals surface area contributed by atoms with Gasteiger partial charge < -0.3 is 15.3 Å². The summed E-state index contributed by atoms with van der Waals surface area (Å²) in [5, 5.41) is 13.4. The molecule has 2 rings (SSSR count). The predicted octanol–water partition coefficient (Wildman–Crippen LogP) is 1.96. The van der Waals surface area contributed by atoms with Gasteiger partial charge in [-0.25, -0.2) is 4.98 Å². The number of aliphatic hydroxyl groups is 1. The van der Waals surface area contributed by atoms with Gasteiger partial charge in [-0.2, -0.15) is 4.98 Å². The van der Waals surface area contributed by atoms with Crippen LogP contribution in [-0.4, -0.2) is 40.3 Å². The zero-order chi connectivity index (χ0) is 13.9. The fraction of sp³-hybridized carbons (Fsp3) is 0.714. The fourth-order valence-electron chi connectivity index (χ4n) is 2.48. The molecule has 1 fully saturated rings. The van der Waals surface area contributed by atoms with Crippen molar-refractivity contribution in [3.05, 3.63) is 11.8 Å². The van der Waals surface area contributed by atoms with Crippen molar-refractivity contribution in [2.75, 3.05) is 29.9 Å². The van der Waals surface area contributed by atoms with Crippen LogP contribution in [0.4, 0.5) is 11.8 Å². The van der Waals surface area contributed by atoms with Gasteiger partial charge in [-0.3, -0.25) is 0 Å². The van der Waals surface area contributed by atoms with E-state index in [9.17, 15) is 5.11 Å². The summed E-state index contributed by atoms with van der Waals surface area (Å²) < 4.78 is 0. The van der Waals surface area contributed by atoms with Crippen LogP contribution in [0, 0.1) is 6.92 Å². The number of piperidine rings is 1. The van der Waals surface area contributed by atoms with Crippen molar-refractivity contribution in [3.63, 3.8) is 0 Å². The third-order valence-electron chi connectivity index (χ3n) is 3.45. The molecule has 19 heavy (non-hydrogen) atoms. The zero-order valence-electron chi connectivity index (χ0n) is 12.1. The lowest BCUT2D eigenvalue weighted by Gasteiger charge is -2.38. The molecule has 2 heterocycles. The molecule has 106 valence electrons. The van der Waals surface area contributed by atoms with Gasteiger partial charge in [-0.05, 0) is 33.1 Å². The molecule has 0 aromatic carbocycles. The molecule has 5 nitrogen and oxygen atoms in total. The van der Waals surface area contributed by atoms with Gasteiger partial charge in [-0.15, -0.1) is 0 Å². The molecule has 0 amide bonds. The SMILES string of the molecule is CCCNc1ncc(C)c(N2CCCC(C)(O)C2)n1. The first-order chi connectivity index (χ1) is 9.02. The van der Waals surface area contributed by atoms with Gasteiger partial charge in [0.2, 0.25) is 5.95 Å². The Labute approximate surface area is 115 Å². The number of anilines is 2. The Morgan fingerprint density at radius 3 is 3.00 bits per heavy atom. The Kier molecular flexibility index (Phi) is 4.24. The van der Waals surface area contributed by atoms with Crippen molar-refractivity contribution in [1.82, 2.24) is 9.97 Å². The van der Waals surface area contributed by atoms with E-state index < -0.39 is 5.60 Å². The largest absolute Gasteiger partial charge is 0.388 e. The summed E-state index contributed by atoms with van der Waals surface area (Å²) in [6.45, 7) is 8.48. The average Bonchev–Trinajstić information content (AvgIpc) is 2.36. The number of β-amino-alcohol motifs (C(OH)–C–C–N with tert-alkyl or cyclic N) is 1. The van der Waals surface area contributed by atoms with Crippen molar-refractivity contribution >= 4 is 11.8 Å². The summed E-state index contributed by atoms with van der Waals surface area (Å²) in [7, 11) is 0. The number of hydrogen-bond donors (Lipinski definition) is 2. The van der Waals surface area contributed by atoms with E-state index >= 15 is 0 Å². The maximum atomic E-state index is 10.2. The molecule has 0 radical (unpaired) electrons. The minimum Gasteiger partial charge on any atom is -0.388 e. The summed E-state index contributed by atoms with van der Waals surface area (Å²) in [5.74, 6) is 1.61. The van der Waals surface area contributed by atoms with E-state index in [1.165, 1.54) is 0 Å². The minimum atomic E-state index is -0.618. The lowest BCUT2D eigenvalue weighted by molar-refractivity contribution is 0.0447. The van der Waals surface area contributed by atoms with E-state index in [-0.39, 0.29) is 0 Å². The maximum absolute atomic E-state index is 10.2. The van der Waals surface area contributed by atoms with E-state index in [0.717, 1.165) is 43.7 Å². The van der Waals surface area contributed by atoms with Gasteiger partial charge in [0.15, 0.2) is 0 Å². The molecule has 1 unspecified atom stereocenters. The van der Waals surface area contributed by atoms with Gasteiger partial charge in [0.1, 0.15) is 5.82 Å². The number of hydrogen-bond acceptors (Lipinski definition) is 5. The second-order valence-electron chi connectivity index (χ2n) is 5.65. The van der Waals surface area contributed by atoms with Crippen LogP contribution in [0.3, 0.4) is 0 Å². The topological polar surface area (TPSA) is 61.3 Å². The maximum Gasteiger partial charge on any atom is 0.224 e. The Bertz CT molecular complexity index is 433. The first kappa shape index (κ1) is 14.1. The number of nitrogens with zero attached hydrogens (tertiary/aromatic N) is 3. The van der Waals surface area contributed by atoms with Crippen LogP contribution < -0.4 is 10.2 Å². The molecular formula is C14H24N4O. The molecule has 5 heteroatoms. The molecule has 1 aromatic heterocycles. The van der Waals surface area contributed by atoms with E-state index in [2.05, 4.69) is 27.1 Å². The first-order valence-corrected chi connectivity index (χ1v) is 7.07. The number of nitrogens with one attached hydrogen (secondary N) is 1. The van der Waals surface area contributed by atoms with E-state index in [1.54, 1.807) is 0 Å². The second-order valence-corrected chi connectivity index (χ2v) is 5.65. The molecule has 0 spiro atoms. The average molecular weight is 264 g/mol. The van der Waals surface area contributed by atoms with Gasteiger partial charge in [0.05, 0.1) is 5.60 Å². The smallest absolute Gasteiger partial charge is 0.224 e. The van der Waals surface area contributed by atoms with Gasteiger partial charge in [-0.1, -0.05) is 6.92 Å². The summed E-state index contributed by atoms with van der Waals surface area (Å²) in [6, 6.07) is 0. The van der Waals surface area contributed by atoms with E-state index in [1.807, 2.05) is 20.0 Å². The van der Waals surface area contributed by atoms with Crippen molar-refractivity contribution in [2.24, 2.45) is 0 Å². The quantitative estimate of drug-likeness (QED) is 0.870. The molecule has 1 aliphatic heterocycles. The molecule has 1 aromatic rings. The zero-order valence-corrected chi connectivity index (χ0v) is 12.1. The Hall–Kier alpha value is -1.36. The summed E-state index contributed by atoms with van der Waals surface area (Å²) in [4.78, 5) is 11.1. The summed E-state index contributed by atoms with van der Waals surface area (Å²) >= 11 is 0. The minimum absolute atomic E-state index is 0.618. The van der Waals surface area contributed by atoms with Gasteiger partial charge in [0, 0.05) is 31.4 Å². The van der Waals surface area contributed by atoms with Crippen molar-refractivity contribution in [1.29, 1.82) is 0 Å². The van der Waals surface area contributed by atoms with Crippen LogP contribution >= 0.6 is 0 Å². The lowest BCUT2D eigenvalue weighted by atomic mass is 9.95. The highest BCUT2D eigenvalue weighted by Gasteiger charge is 2.29. The normalized spacial score (nSPS) is 23.5. The van der Waals surface area contributed by atoms with Crippen LogP contribution in [0.2, 0.25) is 0 Å². The van der Waals surface area contributed by atoms with Crippen molar-refractivity contribution in [2.45, 2.75) is 45.6 Å². The Morgan fingerprint density at radius 1 is 1.53 bits per heavy atom. The molecule has 0 saturated carbocycles. The highest BCUT2D eigenvalue weighted by Crippen LogP contribution is 2.26. The van der Waals surface area contributed by atoms with E-state index in [0.29, 0.717) is 12.5 Å². The number of aryl methyl sites for hydroxylation is 1. The molecule has 0 bridgehead atoms. The highest BCUT2D eigenvalue weighted by molar-refractivity contribution is 5.49. The van der Waals surface area contributed by atoms with Crippen molar-refractivity contribution in [3.8, 4) is 0 Å². The molecule has 1 atom stereocenters. The van der Waals surface area contributed by atoms with Crippen LogP contribution in [0.1, 0.15) is 38.7 Å². The number of aromatic nitrogens is 2. The molecular weight excluding hydrogens is 240 g/mol. The Balaban J connectivity index is 2.18. The second kappa shape index (κ2) is 5.74.